The third-order valence-corrected chi connectivity index (χ3v) is 7.57. The summed E-state index contributed by atoms with van der Waals surface area (Å²) in [7, 11) is 7.37. The smallest absolute Gasteiger partial charge is 0.255 e. The fourth-order valence-corrected chi connectivity index (χ4v) is 5.16. The van der Waals surface area contributed by atoms with E-state index in [1.807, 2.05) is 4.90 Å². The second-order valence-electron chi connectivity index (χ2n) is 9.70. The predicted molar refractivity (Wildman–Crippen MR) is 138 cm³/mol. The van der Waals surface area contributed by atoms with Gasteiger partial charge in [-0.1, -0.05) is 11.6 Å². The van der Waals surface area contributed by atoms with Crippen LogP contribution in [0.5, 0.6) is 5.75 Å². The number of carbonyl (C=O) groups excluding carboxylic acids is 2. The summed E-state index contributed by atoms with van der Waals surface area (Å²) in [5.74, 6) is 0.364. The van der Waals surface area contributed by atoms with Gasteiger partial charge in [0.05, 0.1) is 35.5 Å². The summed E-state index contributed by atoms with van der Waals surface area (Å²) in [6, 6.07) is 3.52. The molecule has 2 heterocycles. The van der Waals surface area contributed by atoms with E-state index in [0.29, 0.717) is 41.0 Å². The van der Waals surface area contributed by atoms with Crippen LogP contribution in [0.25, 0.3) is 0 Å². The quantitative estimate of drug-likeness (QED) is 0.491. The van der Waals surface area contributed by atoms with Crippen LogP contribution in [-0.2, 0) is 9.53 Å². The number of nitrogens with one attached hydrogen (secondary N) is 1. The topological polar surface area (TPSA) is 100 Å². The number of nitrogens with two attached hydrogens (primary N) is 1. The summed E-state index contributed by atoms with van der Waals surface area (Å²) in [6.07, 6.45) is 4.08. The number of hydrogen-bond acceptors (Lipinski definition) is 7. The van der Waals surface area contributed by atoms with Gasteiger partial charge in [-0.25, -0.2) is 0 Å². The molecule has 2 atom stereocenters. The van der Waals surface area contributed by atoms with E-state index in [9.17, 15) is 9.59 Å². The SMILES string of the molecule is COc1cc(N)c(Cl)cc1C(=O)N[C@H]1CCN(CCCC(=O)N2CCC(N(C)C)CC2)C[C@H]1OC. The van der Waals surface area contributed by atoms with Gasteiger partial charge in [0.25, 0.3) is 5.91 Å². The van der Waals surface area contributed by atoms with Crippen LogP contribution in [0.2, 0.25) is 5.02 Å². The molecule has 0 spiro atoms. The first-order valence-corrected chi connectivity index (χ1v) is 12.7. The van der Waals surface area contributed by atoms with Gasteiger partial charge < -0.3 is 35.2 Å². The molecule has 0 saturated carbocycles. The molecule has 3 rings (SSSR count). The molecule has 2 aliphatic heterocycles. The molecule has 1 aromatic carbocycles. The number of ether oxygens (including phenoxy) is 2. The molecule has 3 N–H and O–H groups in total. The maximum absolute atomic E-state index is 12.9. The molecule has 2 saturated heterocycles. The molecule has 0 bridgehead atoms. The van der Waals surface area contributed by atoms with Crippen LogP contribution in [0.15, 0.2) is 12.1 Å². The fraction of sp³-hybridized carbons (Fsp3) is 0.680. The number of carbonyl (C=O) groups is 2. The lowest BCUT2D eigenvalue weighted by atomic mass is 10.00. The molecule has 10 heteroatoms. The van der Waals surface area contributed by atoms with Crippen LogP contribution in [0.1, 0.15) is 42.5 Å². The zero-order chi connectivity index (χ0) is 25.5. The minimum atomic E-state index is -0.270. The van der Waals surface area contributed by atoms with Crippen LogP contribution in [0.4, 0.5) is 5.69 Å². The number of nitrogen functional groups attached to an aromatic ring is 1. The number of piperidine rings is 2. The van der Waals surface area contributed by atoms with E-state index in [1.54, 1.807) is 13.2 Å². The van der Waals surface area contributed by atoms with Crippen molar-refractivity contribution in [3.05, 3.63) is 22.7 Å². The van der Waals surface area contributed by atoms with Gasteiger partial charge in [0, 0.05) is 51.8 Å². The highest BCUT2D eigenvalue weighted by Crippen LogP contribution is 2.29. The summed E-state index contributed by atoms with van der Waals surface area (Å²) in [5.41, 5.74) is 6.54. The van der Waals surface area contributed by atoms with Crippen molar-refractivity contribution >= 4 is 29.1 Å². The van der Waals surface area contributed by atoms with Crippen LogP contribution in [0.3, 0.4) is 0 Å². The van der Waals surface area contributed by atoms with Crippen molar-refractivity contribution in [3.63, 3.8) is 0 Å². The Morgan fingerprint density at radius 1 is 1.17 bits per heavy atom. The third-order valence-electron chi connectivity index (χ3n) is 7.24. The summed E-state index contributed by atoms with van der Waals surface area (Å²) < 4.78 is 11.0. The van der Waals surface area contributed by atoms with Crippen molar-refractivity contribution in [2.75, 3.05) is 66.8 Å². The Balaban J connectivity index is 1.45. The highest BCUT2D eigenvalue weighted by molar-refractivity contribution is 6.33. The lowest BCUT2D eigenvalue weighted by Gasteiger charge is -2.38. The predicted octanol–water partition coefficient (Wildman–Crippen LogP) is 2.08. The van der Waals surface area contributed by atoms with Crippen molar-refractivity contribution in [1.82, 2.24) is 20.0 Å². The van der Waals surface area contributed by atoms with Crippen LogP contribution in [-0.4, -0.2) is 106 Å². The molecular weight excluding hydrogens is 470 g/mol. The number of amides is 2. The van der Waals surface area contributed by atoms with Crippen LogP contribution < -0.4 is 15.8 Å². The first kappa shape index (κ1) is 27.5. The van der Waals surface area contributed by atoms with Gasteiger partial charge in [-0.15, -0.1) is 0 Å². The molecule has 0 aliphatic carbocycles. The van der Waals surface area contributed by atoms with E-state index in [4.69, 9.17) is 26.8 Å². The Morgan fingerprint density at radius 3 is 2.51 bits per heavy atom. The van der Waals surface area contributed by atoms with Gasteiger partial charge in [0.15, 0.2) is 0 Å². The normalized spacial score (nSPS) is 21.8. The number of methoxy groups -OCH3 is 2. The van der Waals surface area contributed by atoms with Crippen LogP contribution in [0, 0.1) is 0 Å². The van der Waals surface area contributed by atoms with Crippen LogP contribution >= 0.6 is 11.6 Å². The molecule has 2 amide bonds. The molecular formula is C25H40ClN5O4. The van der Waals surface area contributed by atoms with Crippen molar-refractivity contribution in [1.29, 1.82) is 0 Å². The molecule has 0 unspecified atom stereocenters. The summed E-state index contributed by atoms with van der Waals surface area (Å²) >= 11 is 6.12. The van der Waals surface area contributed by atoms with E-state index < -0.39 is 0 Å². The van der Waals surface area contributed by atoms with Crippen molar-refractivity contribution in [3.8, 4) is 5.75 Å². The summed E-state index contributed by atoms with van der Waals surface area (Å²) in [4.78, 5) is 32.2. The summed E-state index contributed by atoms with van der Waals surface area (Å²) in [6.45, 7) is 4.06. The minimum Gasteiger partial charge on any atom is -0.496 e. The molecule has 9 nitrogen and oxygen atoms in total. The largest absolute Gasteiger partial charge is 0.496 e. The molecule has 35 heavy (non-hydrogen) atoms. The number of nitrogens with zero attached hydrogens (tertiary/aromatic N) is 3. The van der Waals surface area contributed by atoms with Gasteiger partial charge in [-0.05, 0) is 52.4 Å². The standard InChI is InChI=1S/C25H40ClN5O4/c1-29(2)17-7-12-31(13-8-17)24(32)6-5-10-30-11-9-21(23(16-30)35-4)28-25(33)18-14-19(26)20(27)15-22(18)34-3/h14-15,17,21,23H,5-13,16,27H2,1-4H3,(H,28,33)/t21-,23+/m0/s1. The van der Waals surface area contributed by atoms with Gasteiger partial charge >= 0.3 is 0 Å². The van der Waals surface area contributed by atoms with E-state index >= 15 is 0 Å². The van der Waals surface area contributed by atoms with E-state index in [0.717, 1.165) is 51.9 Å². The number of hydrogen-bond donors (Lipinski definition) is 2. The Kier molecular flexibility index (Phi) is 10.0. The first-order valence-electron chi connectivity index (χ1n) is 12.4. The van der Waals surface area contributed by atoms with Crippen molar-refractivity contribution < 1.29 is 19.1 Å². The molecule has 196 valence electrons. The Labute approximate surface area is 213 Å². The fourth-order valence-electron chi connectivity index (χ4n) is 4.99. The number of halogens is 1. The van der Waals surface area contributed by atoms with Crippen molar-refractivity contribution in [2.24, 2.45) is 0 Å². The molecule has 1 aromatic rings. The average molecular weight is 510 g/mol. The zero-order valence-corrected chi connectivity index (χ0v) is 22.1. The third kappa shape index (κ3) is 7.22. The summed E-state index contributed by atoms with van der Waals surface area (Å²) in [5, 5.41) is 3.38. The van der Waals surface area contributed by atoms with E-state index in [-0.39, 0.29) is 24.0 Å². The lowest BCUT2D eigenvalue weighted by Crippen LogP contribution is -2.55. The Morgan fingerprint density at radius 2 is 1.89 bits per heavy atom. The molecule has 2 fully saturated rings. The molecule has 2 aliphatic rings. The number of anilines is 1. The van der Waals surface area contributed by atoms with Gasteiger partial charge in [-0.3, -0.25) is 9.59 Å². The second kappa shape index (κ2) is 12.8. The van der Waals surface area contributed by atoms with Gasteiger partial charge in [0.1, 0.15) is 5.75 Å². The van der Waals surface area contributed by atoms with Gasteiger partial charge in [-0.2, -0.15) is 0 Å². The number of benzene rings is 1. The van der Waals surface area contributed by atoms with Crippen molar-refractivity contribution in [2.45, 2.75) is 50.3 Å². The zero-order valence-electron chi connectivity index (χ0n) is 21.4. The molecule has 0 aromatic heterocycles. The second-order valence-corrected chi connectivity index (χ2v) is 10.1. The average Bonchev–Trinajstić information content (AvgIpc) is 2.85. The maximum Gasteiger partial charge on any atom is 0.255 e. The molecule has 0 radical (unpaired) electrons. The monoisotopic (exact) mass is 509 g/mol. The highest BCUT2D eigenvalue weighted by Gasteiger charge is 2.31. The van der Waals surface area contributed by atoms with E-state index in [2.05, 4.69) is 29.2 Å². The van der Waals surface area contributed by atoms with E-state index in [1.165, 1.54) is 13.2 Å². The lowest BCUT2D eigenvalue weighted by molar-refractivity contribution is -0.132. The number of rotatable bonds is 9. The number of likely N-dealkylation sites (tertiary alicyclic amines) is 2. The Bertz CT molecular complexity index is 876. The first-order chi connectivity index (χ1) is 16.7. The maximum atomic E-state index is 12.9. The van der Waals surface area contributed by atoms with Gasteiger partial charge in [0.2, 0.25) is 5.91 Å². The highest BCUT2D eigenvalue weighted by atomic mass is 35.5. The Hall–Kier alpha value is -2.07. The minimum absolute atomic E-state index is 0.135.